The lowest BCUT2D eigenvalue weighted by atomic mass is 10.2. The first-order valence-electron chi connectivity index (χ1n) is 6.19. The molecule has 2 heterocycles. The van der Waals surface area contributed by atoms with Gasteiger partial charge in [0.05, 0.1) is 18.5 Å². The zero-order chi connectivity index (χ0) is 13.3. The standard InChI is InChI=1S/C13H18N2O3/c1-4-15-12(16)7-10(13(15)17)14-9(3)11-6-5-8(2)18-11/h5-6,9-10,14H,4,7H2,1-3H3. The molecule has 2 atom stereocenters. The molecular formula is C13H18N2O3. The van der Waals surface area contributed by atoms with Crippen molar-refractivity contribution in [2.75, 3.05) is 6.54 Å². The van der Waals surface area contributed by atoms with Gasteiger partial charge in [-0.3, -0.25) is 19.8 Å². The number of hydrogen-bond donors (Lipinski definition) is 1. The van der Waals surface area contributed by atoms with Crippen LogP contribution < -0.4 is 5.32 Å². The van der Waals surface area contributed by atoms with Crippen LogP contribution in [0.15, 0.2) is 16.5 Å². The molecule has 0 aliphatic carbocycles. The van der Waals surface area contributed by atoms with E-state index in [1.165, 1.54) is 4.90 Å². The van der Waals surface area contributed by atoms with Gasteiger partial charge < -0.3 is 4.42 Å². The first-order valence-corrected chi connectivity index (χ1v) is 6.19. The van der Waals surface area contributed by atoms with Gasteiger partial charge in [-0.05, 0) is 32.9 Å². The van der Waals surface area contributed by atoms with Crippen LogP contribution in [0, 0.1) is 6.92 Å². The number of likely N-dealkylation sites (tertiary alicyclic amines) is 1. The van der Waals surface area contributed by atoms with Gasteiger partial charge in [0.2, 0.25) is 11.8 Å². The van der Waals surface area contributed by atoms with Crippen molar-refractivity contribution < 1.29 is 14.0 Å². The molecule has 5 nitrogen and oxygen atoms in total. The Bertz CT molecular complexity index is 467. The molecule has 2 unspecified atom stereocenters. The van der Waals surface area contributed by atoms with Crippen LogP contribution in [0.3, 0.4) is 0 Å². The summed E-state index contributed by atoms with van der Waals surface area (Å²) in [5, 5.41) is 3.15. The normalized spacial score (nSPS) is 21.7. The molecule has 0 bridgehead atoms. The van der Waals surface area contributed by atoms with E-state index in [0.717, 1.165) is 11.5 Å². The summed E-state index contributed by atoms with van der Waals surface area (Å²) in [7, 11) is 0. The molecule has 1 aliphatic rings. The predicted octanol–water partition coefficient (Wildman–Crippen LogP) is 1.39. The summed E-state index contributed by atoms with van der Waals surface area (Å²) < 4.78 is 5.50. The molecule has 1 fully saturated rings. The molecule has 1 aromatic heterocycles. The molecule has 2 amide bonds. The summed E-state index contributed by atoms with van der Waals surface area (Å²) in [6.45, 7) is 6.03. The zero-order valence-corrected chi connectivity index (χ0v) is 10.9. The number of aryl methyl sites for hydroxylation is 1. The number of rotatable bonds is 4. The van der Waals surface area contributed by atoms with E-state index in [9.17, 15) is 9.59 Å². The van der Waals surface area contributed by atoms with E-state index in [-0.39, 0.29) is 24.3 Å². The van der Waals surface area contributed by atoms with Crippen molar-refractivity contribution in [1.29, 1.82) is 0 Å². The Labute approximate surface area is 106 Å². The monoisotopic (exact) mass is 250 g/mol. The lowest BCUT2D eigenvalue weighted by Gasteiger charge is -2.16. The van der Waals surface area contributed by atoms with Gasteiger partial charge in [-0.2, -0.15) is 0 Å². The molecule has 2 rings (SSSR count). The van der Waals surface area contributed by atoms with Gasteiger partial charge in [0.25, 0.3) is 0 Å². The Morgan fingerprint density at radius 3 is 2.72 bits per heavy atom. The van der Waals surface area contributed by atoms with E-state index in [1.807, 2.05) is 26.0 Å². The van der Waals surface area contributed by atoms with Crippen LogP contribution in [-0.2, 0) is 9.59 Å². The third-order valence-electron chi connectivity index (χ3n) is 3.20. The van der Waals surface area contributed by atoms with Crippen LogP contribution in [0.25, 0.3) is 0 Å². The molecule has 0 spiro atoms. The second kappa shape index (κ2) is 4.94. The molecule has 0 saturated carbocycles. The number of likely N-dealkylation sites (N-methyl/N-ethyl adjacent to an activating group) is 1. The van der Waals surface area contributed by atoms with Gasteiger partial charge in [0.1, 0.15) is 11.5 Å². The third kappa shape index (κ3) is 2.31. The summed E-state index contributed by atoms with van der Waals surface area (Å²) >= 11 is 0. The Morgan fingerprint density at radius 2 is 2.22 bits per heavy atom. The quantitative estimate of drug-likeness (QED) is 0.820. The molecule has 1 aromatic rings. The number of furan rings is 1. The smallest absolute Gasteiger partial charge is 0.246 e. The maximum absolute atomic E-state index is 11.9. The van der Waals surface area contributed by atoms with E-state index in [4.69, 9.17) is 4.42 Å². The number of carbonyl (C=O) groups is 2. The fraction of sp³-hybridized carbons (Fsp3) is 0.538. The summed E-state index contributed by atoms with van der Waals surface area (Å²) in [6, 6.07) is 3.24. The number of amides is 2. The highest BCUT2D eigenvalue weighted by atomic mass is 16.3. The minimum atomic E-state index is -0.433. The summed E-state index contributed by atoms with van der Waals surface area (Å²) in [5.74, 6) is 1.37. The largest absolute Gasteiger partial charge is 0.465 e. The van der Waals surface area contributed by atoms with Crippen molar-refractivity contribution in [3.63, 3.8) is 0 Å². The Balaban J connectivity index is 2.02. The minimum Gasteiger partial charge on any atom is -0.465 e. The van der Waals surface area contributed by atoms with Crippen LogP contribution in [0.2, 0.25) is 0 Å². The number of nitrogens with zero attached hydrogens (tertiary/aromatic N) is 1. The van der Waals surface area contributed by atoms with Crippen molar-refractivity contribution in [2.45, 2.75) is 39.3 Å². The highest BCUT2D eigenvalue weighted by molar-refractivity contribution is 6.05. The van der Waals surface area contributed by atoms with Crippen LogP contribution in [0.5, 0.6) is 0 Å². The van der Waals surface area contributed by atoms with E-state index in [2.05, 4.69) is 5.32 Å². The van der Waals surface area contributed by atoms with Crippen LogP contribution in [-0.4, -0.2) is 29.3 Å². The lowest BCUT2D eigenvalue weighted by Crippen LogP contribution is -2.39. The van der Waals surface area contributed by atoms with Crippen molar-refractivity contribution in [3.8, 4) is 0 Å². The Kier molecular flexibility index (Phi) is 3.52. The zero-order valence-electron chi connectivity index (χ0n) is 10.9. The average Bonchev–Trinajstić information content (AvgIpc) is 2.85. The predicted molar refractivity (Wildman–Crippen MR) is 65.8 cm³/mol. The second-order valence-corrected chi connectivity index (χ2v) is 4.57. The van der Waals surface area contributed by atoms with Gasteiger partial charge in [-0.15, -0.1) is 0 Å². The average molecular weight is 250 g/mol. The van der Waals surface area contributed by atoms with Gasteiger partial charge in [0, 0.05) is 6.54 Å². The molecule has 1 saturated heterocycles. The SMILES string of the molecule is CCN1C(=O)CC(NC(C)c2ccc(C)o2)C1=O. The molecule has 0 radical (unpaired) electrons. The van der Waals surface area contributed by atoms with Gasteiger partial charge in [-0.1, -0.05) is 0 Å². The summed E-state index contributed by atoms with van der Waals surface area (Å²) in [4.78, 5) is 24.8. The summed E-state index contributed by atoms with van der Waals surface area (Å²) in [6.07, 6.45) is 0.233. The lowest BCUT2D eigenvalue weighted by molar-refractivity contribution is -0.138. The summed E-state index contributed by atoms with van der Waals surface area (Å²) in [5.41, 5.74) is 0. The number of hydrogen-bond acceptors (Lipinski definition) is 4. The third-order valence-corrected chi connectivity index (χ3v) is 3.20. The van der Waals surface area contributed by atoms with Crippen molar-refractivity contribution >= 4 is 11.8 Å². The van der Waals surface area contributed by atoms with E-state index in [0.29, 0.717) is 6.54 Å². The number of imide groups is 1. The molecule has 5 heteroatoms. The van der Waals surface area contributed by atoms with Gasteiger partial charge in [0.15, 0.2) is 0 Å². The number of carbonyl (C=O) groups excluding carboxylic acids is 2. The fourth-order valence-corrected chi connectivity index (χ4v) is 2.22. The highest BCUT2D eigenvalue weighted by Crippen LogP contribution is 2.20. The van der Waals surface area contributed by atoms with Gasteiger partial charge in [-0.25, -0.2) is 0 Å². The second-order valence-electron chi connectivity index (χ2n) is 4.57. The Morgan fingerprint density at radius 1 is 1.50 bits per heavy atom. The fourth-order valence-electron chi connectivity index (χ4n) is 2.22. The number of nitrogens with one attached hydrogen (secondary N) is 1. The molecule has 1 aliphatic heterocycles. The first kappa shape index (κ1) is 12.8. The first-order chi connectivity index (χ1) is 8.52. The van der Waals surface area contributed by atoms with Crippen LogP contribution in [0.4, 0.5) is 0 Å². The molecule has 18 heavy (non-hydrogen) atoms. The van der Waals surface area contributed by atoms with Crippen LogP contribution >= 0.6 is 0 Å². The molecule has 1 N–H and O–H groups in total. The molecule has 98 valence electrons. The molecule has 0 aromatic carbocycles. The van der Waals surface area contributed by atoms with Crippen LogP contribution in [0.1, 0.15) is 37.8 Å². The van der Waals surface area contributed by atoms with Crippen molar-refractivity contribution in [3.05, 3.63) is 23.7 Å². The van der Waals surface area contributed by atoms with Crippen molar-refractivity contribution in [1.82, 2.24) is 10.2 Å². The minimum absolute atomic E-state index is 0.0859. The van der Waals surface area contributed by atoms with Gasteiger partial charge >= 0.3 is 0 Å². The van der Waals surface area contributed by atoms with E-state index >= 15 is 0 Å². The highest BCUT2D eigenvalue weighted by Gasteiger charge is 2.38. The van der Waals surface area contributed by atoms with Crippen molar-refractivity contribution in [2.24, 2.45) is 0 Å². The van der Waals surface area contributed by atoms with E-state index in [1.54, 1.807) is 6.92 Å². The maximum Gasteiger partial charge on any atom is 0.246 e. The Hall–Kier alpha value is -1.62. The van der Waals surface area contributed by atoms with E-state index < -0.39 is 6.04 Å². The molecular weight excluding hydrogens is 232 g/mol. The maximum atomic E-state index is 11.9. The topological polar surface area (TPSA) is 62.6 Å².